The standard InChI is InChI=1S/C31H33NO4S/c33-31(34)30-18-29(30)22-6-8-24(9-7-22)32-19-20-4-5-21-2-1-3-23-17-26(10-11-27(23)28(21)16-20)36-25-12-14-37(35)15-13-25/h4-11,16-17,25,29-30,32H,1-3,12-15,18-19H2,(H,33,34)/t25?,29-,30?,37?/m1/s1. The van der Waals surface area contributed by atoms with Crippen molar-refractivity contribution in [3.8, 4) is 16.9 Å². The summed E-state index contributed by atoms with van der Waals surface area (Å²) in [7, 11) is -0.673. The Morgan fingerprint density at radius 1 is 0.946 bits per heavy atom. The maximum absolute atomic E-state index is 11.7. The van der Waals surface area contributed by atoms with Crippen LogP contribution < -0.4 is 10.1 Å². The Bertz CT molecular complexity index is 1330. The van der Waals surface area contributed by atoms with Crippen LogP contribution in [0, 0.1) is 5.92 Å². The van der Waals surface area contributed by atoms with Gasteiger partial charge in [-0.3, -0.25) is 9.00 Å². The van der Waals surface area contributed by atoms with E-state index in [0.29, 0.717) is 0 Å². The van der Waals surface area contributed by atoms with Gasteiger partial charge >= 0.3 is 5.97 Å². The molecule has 2 fully saturated rings. The van der Waals surface area contributed by atoms with Crippen molar-refractivity contribution in [1.29, 1.82) is 0 Å². The van der Waals surface area contributed by atoms with Gasteiger partial charge in [0, 0.05) is 34.5 Å². The number of rotatable bonds is 7. The zero-order chi connectivity index (χ0) is 25.4. The molecule has 0 amide bonds. The molecule has 192 valence electrons. The van der Waals surface area contributed by atoms with Crippen LogP contribution in [0.5, 0.6) is 5.75 Å². The van der Waals surface area contributed by atoms with Crippen molar-refractivity contribution in [2.45, 2.75) is 57.1 Å². The normalized spacial score (nSPS) is 24.3. The summed E-state index contributed by atoms with van der Waals surface area (Å²) in [5.74, 6) is 1.68. The average Bonchev–Trinajstić information content (AvgIpc) is 3.73. The Labute approximate surface area is 220 Å². The van der Waals surface area contributed by atoms with Gasteiger partial charge < -0.3 is 15.2 Å². The summed E-state index contributed by atoms with van der Waals surface area (Å²) in [6, 6.07) is 21.6. The summed E-state index contributed by atoms with van der Waals surface area (Å²) in [5, 5.41) is 12.7. The van der Waals surface area contributed by atoms with Gasteiger partial charge in [-0.05, 0) is 108 Å². The number of anilines is 1. The topological polar surface area (TPSA) is 75.6 Å². The van der Waals surface area contributed by atoms with Crippen LogP contribution in [0.3, 0.4) is 0 Å². The van der Waals surface area contributed by atoms with Crippen LogP contribution in [0.15, 0.2) is 60.7 Å². The Kier molecular flexibility index (Phi) is 6.76. The second-order valence-corrected chi connectivity index (χ2v) is 12.3. The third-order valence-corrected chi connectivity index (χ3v) is 9.40. The molecule has 3 aromatic carbocycles. The number of nitrogens with one attached hydrogen (secondary N) is 1. The SMILES string of the molecule is O=C(O)C1C[C@@H]1c1ccc(NCc2ccc3c(c2)-c2ccc(OC4CCS(=O)CC4)cc2CCC3)cc1. The summed E-state index contributed by atoms with van der Waals surface area (Å²) in [4.78, 5) is 11.2. The molecule has 2 aliphatic carbocycles. The van der Waals surface area contributed by atoms with Crippen molar-refractivity contribution in [3.63, 3.8) is 0 Å². The third-order valence-electron chi connectivity index (χ3n) is 8.01. The summed E-state index contributed by atoms with van der Waals surface area (Å²) < 4.78 is 17.9. The fourth-order valence-corrected chi connectivity index (χ4v) is 7.01. The predicted octanol–water partition coefficient (Wildman–Crippen LogP) is 5.93. The Morgan fingerprint density at radius 2 is 1.73 bits per heavy atom. The molecule has 1 saturated heterocycles. The van der Waals surface area contributed by atoms with Crippen LogP contribution in [0.4, 0.5) is 5.69 Å². The van der Waals surface area contributed by atoms with E-state index in [-0.39, 0.29) is 17.9 Å². The molecule has 2 N–H and O–H groups in total. The number of benzene rings is 3. The monoisotopic (exact) mass is 515 g/mol. The number of ether oxygens (including phenoxy) is 1. The van der Waals surface area contributed by atoms with Crippen LogP contribution in [0.1, 0.15) is 53.9 Å². The molecule has 6 rings (SSSR count). The molecule has 0 bridgehead atoms. The molecule has 1 aliphatic heterocycles. The van der Waals surface area contributed by atoms with Gasteiger partial charge in [0.2, 0.25) is 0 Å². The summed E-state index contributed by atoms with van der Waals surface area (Å²) in [6.45, 7) is 0.730. The minimum atomic E-state index is -0.691. The molecule has 3 aromatic rings. The highest BCUT2D eigenvalue weighted by atomic mass is 32.2. The molecule has 1 saturated carbocycles. The van der Waals surface area contributed by atoms with Crippen LogP contribution in [-0.4, -0.2) is 32.9 Å². The van der Waals surface area contributed by atoms with Gasteiger partial charge in [-0.1, -0.05) is 30.3 Å². The minimum Gasteiger partial charge on any atom is -0.490 e. The number of aryl methyl sites for hydroxylation is 2. The van der Waals surface area contributed by atoms with E-state index in [2.05, 4.69) is 66.0 Å². The van der Waals surface area contributed by atoms with Crippen molar-refractivity contribution in [2.75, 3.05) is 16.8 Å². The van der Waals surface area contributed by atoms with Crippen molar-refractivity contribution >= 4 is 22.5 Å². The highest BCUT2D eigenvalue weighted by Crippen LogP contribution is 2.47. The van der Waals surface area contributed by atoms with Gasteiger partial charge in [-0.2, -0.15) is 0 Å². The first kappa shape index (κ1) is 24.2. The molecular formula is C31H33NO4S. The number of hydrogen-bond acceptors (Lipinski definition) is 4. The van der Waals surface area contributed by atoms with Crippen LogP contribution in [0.2, 0.25) is 0 Å². The molecular weight excluding hydrogens is 482 g/mol. The zero-order valence-electron chi connectivity index (χ0n) is 20.9. The van der Waals surface area contributed by atoms with Crippen LogP contribution >= 0.6 is 0 Å². The molecule has 1 heterocycles. The maximum Gasteiger partial charge on any atom is 0.307 e. The van der Waals surface area contributed by atoms with Crippen molar-refractivity contribution in [3.05, 3.63) is 82.9 Å². The van der Waals surface area contributed by atoms with Crippen LogP contribution in [-0.2, 0) is 35.0 Å². The fourth-order valence-electron chi connectivity index (χ4n) is 5.76. The van der Waals surface area contributed by atoms with E-state index in [4.69, 9.17) is 4.74 Å². The van der Waals surface area contributed by atoms with E-state index >= 15 is 0 Å². The average molecular weight is 516 g/mol. The lowest BCUT2D eigenvalue weighted by atomic mass is 9.94. The Morgan fingerprint density at radius 3 is 2.49 bits per heavy atom. The first-order valence-corrected chi connectivity index (χ1v) is 14.9. The van der Waals surface area contributed by atoms with Gasteiger partial charge in [0.1, 0.15) is 11.9 Å². The highest BCUT2D eigenvalue weighted by molar-refractivity contribution is 7.85. The molecule has 6 heteroatoms. The molecule has 37 heavy (non-hydrogen) atoms. The second-order valence-electron chi connectivity index (χ2n) is 10.6. The highest BCUT2D eigenvalue weighted by Gasteiger charge is 2.44. The molecule has 5 nitrogen and oxygen atoms in total. The summed E-state index contributed by atoms with van der Waals surface area (Å²) >= 11 is 0. The first-order valence-electron chi connectivity index (χ1n) is 13.4. The van der Waals surface area contributed by atoms with Gasteiger partial charge in [-0.15, -0.1) is 0 Å². The molecule has 1 unspecified atom stereocenters. The molecule has 0 spiro atoms. The molecule has 2 atom stereocenters. The van der Waals surface area contributed by atoms with E-state index in [1.54, 1.807) is 0 Å². The number of hydrogen-bond donors (Lipinski definition) is 2. The molecule has 0 aromatic heterocycles. The summed E-state index contributed by atoms with van der Waals surface area (Å²) in [5.41, 5.74) is 8.74. The van der Waals surface area contributed by atoms with Crippen LogP contribution in [0.25, 0.3) is 11.1 Å². The molecule has 3 aliphatic rings. The zero-order valence-corrected chi connectivity index (χ0v) is 21.8. The van der Waals surface area contributed by atoms with Gasteiger partial charge in [0.25, 0.3) is 0 Å². The number of carboxylic acids is 1. The minimum absolute atomic E-state index is 0.162. The largest absolute Gasteiger partial charge is 0.490 e. The van der Waals surface area contributed by atoms with Crippen molar-refractivity contribution < 1.29 is 18.8 Å². The van der Waals surface area contributed by atoms with Gasteiger partial charge in [0.15, 0.2) is 0 Å². The number of fused-ring (bicyclic) bond motifs is 3. The number of aliphatic carboxylic acids is 1. The lowest BCUT2D eigenvalue weighted by Gasteiger charge is -2.23. The van der Waals surface area contributed by atoms with E-state index < -0.39 is 16.8 Å². The lowest BCUT2D eigenvalue weighted by Crippen LogP contribution is -2.27. The van der Waals surface area contributed by atoms with E-state index in [1.807, 2.05) is 0 Å². The van der Waals surface area contributed by atoms with E-state index in [9.17, 15) is 14.1 Å². The van der Waals surface area contributed by atoms with Crippen molar-refractivity contribution in [2.24, 2.45) is 5.92 Å². The third kappa shape index (κ3) is 5.45. The maximum atomic E-state index is 11.7. The van der Waals surface area contributed by atoms with E-state index in [1.165, 1.54) is 27.8 Å². The Balaban J connectivity index is 1.14. The first-order chi connectivity index (χ1) is 18.0. The predicted molar refractivity (Wildman–Crippen MR) is 148 cm³/mol. The van der Waals surface area contributed by atoms with Gasteiger partial charge in [0.05, 0.1) is 5.92 Å². The quantitative estimate of drug-likeness (QED) is 0.408. The second kappa shape index (κ2) is 10.3. The van der Waals surface area contributed by atoms with Gasteiger partial charge in [-0.25, -0.2) is 0 Å². The van der Waals surface area contributed by atoms with E-state index in [0.717, 1.165) is 73.6 Å². The fraction of sp³-hybridized carbons (Fsp3) is 0.387. The lowest BCUT2D eigenvalue weighted by molar-refractivity contribution is -0.138. The smallest absolute Gasteiger partial charge is 0.307 e. The number of carboxylic acid groups (broad SMARTS) is 1. The summed E-state index contributed by atoms with van der Waals surface area (Å²) in [6.07, 6.45) is 5.89. The Hall–Kier alpha value is -3.12. The number of carbonyl (C=O) groups is 1. The molecule has 0 radical (unpaired) electrons. The van der Waals surface area contributed by atoms with Crippen molar-refractivity contribution in [1.82, 2.24) is 0 Å².